The van der Waals surface area contributed by atoms with Crippen LogP contribution in [0.3, 0.4) is 0 Å². The average Bonchev–Trinajstić information content (AvgIpc) is 2.30. The first-order valence-electron chi connectivity index (χ1n) is 5.20. The Morgan fingerprint density at radius 3 is 2.59 bits per heavy atom. The molecule has 17 heavy (non-hydrogen) atoms. The number of nitrogens with two attached hydrogens (primary N) is 1. The molecule has 0 aliphatic rings. The summed E-state index contributed by atoms with van der Waals surface area (Å²) in [6.45, 7) is 0.438. The van der Waals surface area contributed by atoms with Crippen LogP contribution >= 0.6 is 11.6 Å². The van der Waals surface area contributed by atoms with Gasteiger partial charge in [-0.15, -0.1) is 0 Å². The van der Waals surface area contributed by atoms with E-state index in [1.807, 2.05) is 18.2 Å². The number of anilines is 2. The zero-order valence-corrected chi connectivity index (χ0v) is 9.84. The maximum absolute atomic E-state index is 13.5. The highest BCUT2D eigenvalue weighted by molar-refractivity contribution is 6.33. The normalized spacial score (nSPS) is 10.2. The van der Waals surface area contributed by atoms with E-state index in [0.29, 0.717) is 22.9 Å². The van der Waals surface area contributed by atoms with Gasteiger partial charge in [-0.1, -0.05) is 35.9 Å². The Labute approximate surface area is 104 Å². The van der Waals surface area contributed by atoms with E-state index in [-0.39, 0.29) is 5.82 Å². The number of rotatable bonds is 3. The fourth-order valence-corrected chi connectivity index (χ4v) is 1.78. The fourth-order valence-electron chi connectivity index (χ4n) is 1.55. The highest BCUT2D eigenvalue weighted by Gasteiger charge is 2.06. The summed E-state index contributed by atoms with van der Waals surface area (Å²) < 4.78 is 13.5. The van der Waals surface area contributed by atoms with E-state index in [1.165, 1.54) is 6.07 Å². The number of hydrogen-bond donors (Lipinski definition) is 2. The first-order valence-corrected chi connectivity index (χ1v) is 5.57. The Bertz CT molecular complexity index is 508. The van der Waals surface area contributed by atoms with Crippen molar-refractivity contribution in [3.8, 4) is 0 Å². The molecule has 0 atom stereocenters. The van der Waals surface area contributed by atoms with E-state index in [4.69, 9.17) is 17.3 Å². The van der Waals surface area contributed by atoms with Gasteiger partial charge in [-0.05, 0) is 23.8 Å². The summed E-state index contributed by atoms with van der Waals surface area (Å²) in [4.78, 5) is 0. The molecule has 3 N–H and O–H groups in total. The van der Waals surface area contributed by atoms with Crippen molar-refractivity contribution < 1.29 is 4.39 Å². The zero-order valence-electron chi connectivity index (χ0n) is 9.08. The second kappa shape index (κ2) is 5.06. The first-order chi connectivity index (χ1) is 8.18. The van der Waals surface area contributed by atoms with Gasteiger partial charge in [0, 0.05) is 12.2 Å². The second-order valence-corrected chi connectivity index (χ2v) is 4.06. The molecule has 0 spiro atoms. The van der Waals surface area contributed by atoms with Crippen LogP contribution in [0.5, 0.6) is 0 Å². The van der Waals surface area contributed by atoms with Crippen molar-refractivity contribution in [3.05, 3.63) is 58.9 Å². The summed E-state index contributed by atoms with van der Waals surface area (Å²) in [7, 11) is 0. The van der Waals surface area contributed by atoms with Crippen LogP contribution in [0.15, 0.2) is 42.5 Å². The van der Waals surface area contributed by atoms with Gasteiger partial charge in [0.15, 0.2) is 0 Å². The molecule has 0 aliphatic carbocycles. The largest absolute Gasteiger partial charge is 0.398 e. The Hall–Kier alpha value is -1.74. The third kappa shape index (κ3) is 2.68. The van der Waals surface area contributed by atoms with Crippen LogP contribution in [0.2, 0.25) is 5.02 Å². The number of hydrogen-bond acceptors (Lipinski definition) is 2. The predicted octanol–water partition coefficient (Wildman–Crippen LogP) is 3.67. The molecule has 0 bridgehead atoms. The molecule has 2 rings (SSSR count). The molecule has 2 aromatic rings. The second-order valence-electron chi connectivity index (χ2n) is 3.65. The highest BCUT2D eigenvalue weighted by Crippen LogP contribution is 2.25. The van der Waals surface area contributed by atoms with Crippen LogP contribution in [0.1, 0.15) is 5.56 Å². The van der Waals surface area contributed by atoms with Gasteiger partial charge in [0.25, 0.3) is 0 Å². The molecule has 88 valence electrons. The molecule has 0 heterocycles. The summed E-state index contributed by atoms with van der Waals surface area (Å²) in [6, 6.07) is 12.0. The SMILES string of the molecule is Nc1ccccc1CNc1c(F)cccc1Cl. The van der Waals surface area contributed by atoms with Gasteiger partial charge in [0.1, 0.15) is 5.82 Å². The van der Waals surface area contributed by atoms with Crippen molar-refractivity contribution in [1.29, 1.82) is 0 Å². The van der Waals surface area contributed by atoms with Gasteiger partial charge < -0.3 is 11.1 Å². The first kappa shape index (κ1) is 11.7. The molecular weight excluding hydrogens is 239 g/mol. The van der Waals surface area contributed by atoms with Crippen molar-refractivity contribution in [3.63, 3.8) is 0 Å². The molecule has 4 heteroatoms. The van der Waals surface area contributed by atoms with Crippen molar-refractivity contribution in [1.82, 2.24) is 0 Å². The lowest BCUT2D eigenvalue weighted by molar-refractivity contribution is 0.630. The van der Waals surface area contributed by atoms with Crippen molar-refractivity contribution in [2.45, 2.75) is 6.54 Å². The summed E-state index contributed by atoms with van der Waals surface area (Å²) >= 11 is 5.90. The molecule has 0 saturated carbocycles. The third-order valence-electron chi connectivity index (χ3n) is 2.47. The molecule has 0 radical (unpaired) electrons. The Balaban J connectivity index is 2.16. The van der Waals surface area contributed by atoms with E-state index in [0.717, 1.165) is 5.56 Å². The molecular formula is C13H12ClFN2. The number of benzene rings is 2. The summed E-state index contributed by atoms with van der Waals surface area (Å²) in [6.07, 6.45) is 0. The maximum atomic E-state index is 13.5. The lowest BCUT2D eigenvalue weighted by atomic mass is 10.2. The summed E-state index contributed by atoms with van der Waals surface area (Å²) in [5, 5.41) is 3.31. The molecule has 0 saturated heterocycles. The van der Waals surface area contributed by atoms with Crippen molar-refractivity contribution >= 4 is 23.0 Å². The summed E-state index contributed by atoms with van der Waals surface area (Å²) in [5.41, 5.74) is 7.68. The van der Waals surface area contributed by atoms with Crippen LogP contribution in [-0.2, 0) is 6.54 Å². The molecule has 0 aliphatic heterocycles. The van der Waals surface area contributed by atoms with E-state index >= 15 is 0 Å². The fraction of sp³-hybridized carbons (Fsp3) is 0.0769. The van der Waals surface area contributed by atoms with E-state index < -0.39 is 0 Å². The highest BCUT2D eigenvalue weighted by atomic mass is 35.5. The van der Waals surface area contributed by atoms with Crippen molar-refractivity contribution in [2.24, 2.45) is 0 Å². The van der Waals surface area contributed by atoms with Crippen LogP contribution in [0.4, 0.5) is 15.8 Å². The minimum Gasteiger partial charge on any atom is -0.398 e. The van der Waals surface area contributed by atoms with Crippen molar-refractivity contribution in [2.75, 3.05) is 11.1 Å². The molecule has 0 amide bonds. The maximum Gasteiger partial charge on any atom is 0.147 e. The van der Waals surface area contributed by atoms with Crippen LogP contribution in [0.25, 0.3) is 0 Å². The number of nitrogen functional groups attached to an aromatic ring is 1. The smallest absolute Gasteiger partial charge is 0.147 e. The summed E-state index contributed by atoms with van der Waals surface area (Å²) in [5.74, 6) is -0.369. The van der Waals surface area contributed by atoms with Crippen LogP contribution < -0.4 is 11.1 Å². The number of para-hydroxylation sites is 2. The minimum absolute atomic E-state index is 0.303. The lowest BCUT2D eigenvalue weighted by Crippen LogP contribution is -2.04. The Kier molecular flexibility index (Phi) is 3.49. The van der Waals surface area contributed by atoms with E-state index in [2.05, 4.69) is 5.32 Å². The molecule has 0 aromatic heterocycles. The average molecular weight is 251 g/mol. The van der Waals surface area contributed by atoms with E-state index in [1.54, 1.807) is 18.2 Å². The van der Waals surface area contributed by atoms with Gasteiger partial charge in [-0.3, -0.25) is 0 Å². The Morgan fingerprint density at radius 1 is 1.12 bits per heavy atom. The van der Waals surface area contributed by atoms with Gasteiger partial charge in [-0.25, -0.2) is 4.39 Å². The lowest BCUT2D eigenvalue weighted by Gasteiger charge is -2.10. The molecule has 2 nitrogen and oxygen atoms in total. The van der Waals surface area contributed by atoms with Gasteiger partial charge in [0.05, 0.1) is 10.7 Å². The standard InChI is InChI=1S/C13H12ClFN2/c14-10-5-3-6-11(15)13(10)17-8-9-4-1-2-7-12(9)16/h1-7,17H,8,16H2. The van der Waals surface area contributed by atoms with Gasteiger partial charge in [0.2, 0.25) is 0 Å². The zero-order chi connectivity index (χ0) is 12.3. The topological polar surface area (TPSA) is 38.0 Å². The molecule has 0 unspecified atom stereocenters. The van der Waals surface area contributed by atoms with Crippen LogP contribution in [0, 0.1) is 5.82 Å². The monoisotopic (exact) mass is 250 g/mol. The molecule has 2 aromatic carbocycles. The van der Waals surface area contributed by atoms with Gasteiger partial charge in [-0.2, -0.15) is 0 Å². The number of nitrogens with one attached hydrogen (secondary N) is 1. The Morgan fingerprint density at radius 2 is 1.88 bits per heavy atom. The predicted molar refractivity (Wildman–Crippen MR) is 69.6 cm³/mol. The quantitative estimate of drug-likeness (QED) is 0.816. The van der Waals surface area contributed by atoms with Gasteiger partial charge >= 0.3 is 0 Å². The third-order valence-corrected chi connectivity index (χ3v) is 2.79. The molecule has 0 fully saturated rings. The van der Waals surface area contributed by atoms with E-state index in [9.17, 15) is 4.39 Å². The number of halogens is 2. The van der Waals surface area contributed by atoms with Crippen LogP contribution in [-0.4, -0.2) is 0 Å². The minimum atomic E-state index is -0.369.